The Morgan fingerprint density at radius 3 is 2.88 bits per heavy atom. The van der Waals surface area contributed by atoms with Gasteiger partial charge in [-0.3, -0.25) is 0 Å². The summed E-state index contributed by atoms with van der Waals surface area (Å²) in [6.45, 7) is 2.28. The second-order valence-electron chi connectivity index (χ2n) is 4.38. The average molecular weight is 241 g/mol. The number of piperidine rings is 1. The Kier molecular flexibility index (Phi) is 3.61. The van der Waals surface area contributed by atoms with Gasteiger partial charge in [-0.05, 0) is 38.6 Å². The molecule has 0 amide bonds. The highest BCUT2D eigenvalue weighted by molar-refractivity contribution is 6.29. The third-order valence-corrected chi connectivity index (χ3v) is 3.33. The van der Waals surface area contributed by atoms with E-state index in [1.165, 1.54) is 19.4 Å². The Morgan fingerprint density at radius 1 is 1.44 bits per heavy atom. The highest BCUT2D eigenvalue weighted by atomic mass is 35.5. The zero-order chi connectivity index (χ0) is 11.5. The van der Waals surface area contributed by atoms with Gasteiger partial charge in [0.05, 0.1) is 0 Å². The van der Waals surface area contributed by atoms with E-state index in [-0.39, 0.29) is 0 Å². The fourth-order valence-electron chi connectivity index (χ4n) is 2.14. The molecule has 1 saturated heterocycles. The van der Waals surface area contributed by atoms with Gasteiger partial charge in [0.25, 0.3) is 0 Å². The number of likely N-dealkylation sites (tertiary alicyclic amines) is 1. The molecule has 1 aromatic heterocycles. The normalized spacial score (nSPS) is 22.1. The first-order valence-corrected chi connectivity index (χ1v) is 5.95. The first kappa shape index (κ1) is 11.6. The van der Waals surface area contributed by atoms with Crippen LogP contribution in [0.25, 0.3) is 0 Å². The van der Waals surface area contributed by atoms with Gasteiger partial charge < -0.3 is 9.80 Å². The summed E-state index contributed by atoms with van der Waals surface area (Å²) in [5.74, 6) is 0.893. The minimum Gasteiger partial charge on any atom is -0.354 e. The van der Waals surface area contributed by atoms with E-state index in [1.54, 1.807) is 6.07 Å². The van der Waals surface area contributed by atoms with Gasteiger partial charge in [0, 0.05) is 19.6 Å². The van der Waals surface area contributed by atoms with E-state index in [4.69, 9.17) is 11.6 Å². The van der Waals surface area contributed by atoms with E-state index in [0.29, 0.717) is 11.2 Å². The van der Waals surface area contributed by atoms with Gasteiger partial charge in [-0.1, -0.05) is 11.6 Å². The number of halogens is 1. The Morgan fingerprint density at radius 2 is 2.25 bits per heavy atom. The summed E-state index contributed by atoms with van der Waals surface area (Å²) in [5.41, 5.74) is 0. The topological polar surface area (TPSA) is 32.3 Å². The minimum absolute atomic E-state index is 0.443. The summed E-state index contributed by atoms with van der Waals surface area (Å²) < 4.78 is 0. The van der Waals surface area contributed by atoms with Crippen molar-refractivity contribution in [3.8, 4) is 0 Å². The predicted molar refractivity (Wildman–Crippen MR) is 66.0 cm³/mol. The molecule has 0 spiro atoms. The zero-order valence-corrected chi connectivity index (χ0v) is 10.5. The molecule has 88 valence electrons. The molecule has 0 saturated carbocycles. The van der Waals surface area contributed by atoms with Crippen molar-refractivity contribution in [2.75, 3.05) is 32.1 Å². The van der Waals surface area contributed by atoms with Crippen LogP contribution in [0, 0.1) is 0 Å². The van der Waals surface area contributed by atoms with Gasteiger partial charge in [0.15, 0.2) is 11.0 Å². The zero-order valence-electron chi connectivity index (χ0n) is 9.73. The van der Waals surface area contributed by atoms with Gasteiger partial charge in [-0.25, -0.2) is 0 Å². The number of hydrogen-bond acceptors (Lipinski definition) is 4. The van der Waals surface area contributed by atoms with Crippen molar-refractivity contribution in [2.24, 2.45) is 0 Å². The summed E-state index contributed by atoms with van der Waals surface area (Å²) in [4.78, 5) is 4.55. The minimum atomic E-state index is 0.443. The molecule has 5 heteroatoms. The average Bonchev–Trinajstić information content (AvgIpc) is 2.29. The fourth-order valence-corrected chi connectivity index (χ4v) is 2.24. The maximum absolute atomic E-state index is 5.72. The quantitative estimate of drug-likeness (QED) is 0.787. The van der Waals surface area contributed by atoms with Crippen molar-refractivity contribution in [1.82, 2.24) is 15.1 Å². The maximum Gasteiger partial charge on any atom is 0.151 e. The highest BCUT2D eigenvalue weighted by Crippen LogP contribution is 2.19. The molecule has 0 radical (unpaired) electrons. The van der Waals surface area contributed by atoms with Crippen molar-refractivity contribution in [3.05, 3.63) is 17.3 Å². The van der Waals surface area contributed by atoms with E-state index in [2.05, 4.69) is 34.1 Å². The van der Waals surface area contributed by atoms with Crippen molar-refractivity contribution in [2.45, 2.75) is 18.9 Å². The molecule has 0 aromatic carbocycles. The Labute approximate surface area is 101 Å². The smallest absolute Gasteiger partial charge is 0.151 e. The molecular formula is C11H17ClN4. The summed E-state index contributed by atoms with van der Waals surface area (Å²) >= 11 is 5.72. The van der Waals surface area contributed by atoms with Crippen LogP contribution >= 0.6 is 11.6 Å². The van der Waals surface area contributed by atoms with Gasteiger partial charge in [-0.15, -0.1) is 10.2 Å². The first-order chi connectivity index (χ1) is 7.66. The summed E-state index contributed by atoms with van der Waals surface area (Å²) in [6.07, 6.45) is 2.46. The molecule has 2 heterocycles. The van der Waals surface area contributed by atoms with Crippen LogP contribution < -0.4 is 4.90 Å². The summed E-state index contributed by atoms with van der Waals surface area (Å²) in [5, 5.41) is 8.42. The van der Waals surface area contributed by atoms with Crippen LogP contribution in [0.15, 0.2) is 12.1 Å². The number of hydrogen-bond donors (Lipinski definition) is 0. The van der Waals surface area contributed by atoms with Crippen LogP contribution in [0.5, 0.6) is 0 Å². The lowest BCUT2D eigenvalue weighted by Gasteiger charge is -2.36. The fraction of sp³-hybridized carbons (Fsp3) is 0.636. The Hall–Kier alpha value is -0.870. The van der Waals surface area contributed by atoms with Gasteiger partial charge >= 0.3 is 0 Å². The molecule has 2 rings (SSSR count). The van der Waals surface area contributed by atoms with Crippen LogP contribution in [0.1, 0.15) is 12.8 Å². The predicted octanol–water partition coefficient (Wildman–Crippen LogP) is 1.66. The molecule has 1 fully saturated rings. The third-order valence-electron chi connectivity index (χ3n) is 3.13. The van der Waals surface area contributed by atoms with E-state index in [9.17, 15) is 0 Å². The maximum atomic E-state index is 5.72. The molecule has 1 aromatic rings. The van der Waals surface area contributed by atoms with Crippen molar-refractivity contribution < 1.29 is 0 Å². The summed E-state index contributed by atoms with van der Waals surface area (Å²) in [6, 6.07) is 4.23. The van der Waals surface area contributed by atoms with Crippen LogP contribution in [0.4, 0.5) is 5.82 Å². The molecule has 1 aliphatic heterocycles. The lowest BCUT2D eigenvalue weighted by atomic mass is 10.1. The third kappa shape index (κ3) is 2.62. The van der Waals surface area contributed by atoms with E-state index < -0.39 is 0 Å². The molecule has 0 N–H and O–H groups in total. The standard InChI is InChI=1S/C11H17ClN4/c1-15-7-3-4-9(8-15)16(2)11-6-5-10(12)13-14-11/h5-6,9H,3-4,7-8H2,1-2H3. The van der Waals surface area contributed by atoms with E-state index in [0.717, 1.165) is 12.4 Å². The molecule has 1 atom stereocenters. The Bertz CT molecular complexity index is 340. The second-order valence-corrected chi connectivity index (χ2v) is 4.77. The van der Waals surface area contributed by atoms with Gasteiger partial charge in [0.1, 0.15) is 0 Å². The Balaban J connectivity index is 2.06. The molecule has 0 aliphatic carbocycles. The molecule has 1 aliphatic rings. The lowest BCUT2D eigenvalue weighted by molar-refractivity contribution is 0.247. The number of likely N-dealkylation sites (N-methyl/N-ethyl adjacent to an activating group) is 2. The molecule has 0 bridgehead atoms. The van der Waals surface area contributed by atoms with Crippen molar-refractivity contribution in [3.63, 3.8) is 0 Å². The largest absolute Gasteiger partial charge is 0.354 e. The van der Waals surface area contributed by atoms with Crippen LogP contribution in [-0.2, 0) is 0 Å². The molecule has 1 unspecified atom stereocenters. The van der Waals surface area contributed by atoms with E-state index in [1.807, 2.05) is 6.07 Å². The van der Waals surface area contributed by atoms with Gasteiger partial charge in [-0.2, -0.15) is 0 Å². The van der Waals surface area contributed by atoms with Crippen molar-refractivity contribution >= 4 is 17.4 Å². The molecule has 16 heavy (non-hydrogen) atoms. The first-order valence-electron chi connectivity index (χ1n) is 5.57. The van der Waals surface area contributed by atoms with Crippen molar-refractivity contribution in [1.29, 1.82) is 0 Å². The number of nitrogens with zero attached hydrogens (tertiary/aromatic N) is 4. The van der Waals surface area contributed by atoms with Crippen LogP contribution in [0.3, 0.4) is 0 Å². The van der Waals surface area contributed by atoms with Crippen LogP contribution in [-0.4, -0.2) is 48.3 Å². The SMILES string of the molecule is CN1CCCC(N(C)c2ccc(Cl)nn2)C1. The lowest BCUT2D eigenvalue weighted by Crippen LogP contribution is -2.45. The summed E-state index contributed by atoms with van der Waals surface area (Å²) in [7, 11) is 4.23. The number of rotatable bonds is 2. The number of anilines is 1. The van der Waals surface area contributed by atoms with Crippen LogP contribution in [0.2, 0.25) is 5.15 Å². The molecule has 4 nitrogen and oxygen atoms in total. The second kappa shape index (κ2) is 4.97. The van der Waals surface area contributed by atoms with Gasteiger partial charge in [0.2, 0.25) is 0 Å². The number of aromatic nitrogens is 2. The monoisotopic (exact) mass is 240 g/mol. The van der Waals surface area contributed by atoms with E-state index >= 15 is 0 Å². The highest BCUT2D eigenvalue weighted by Gasteiger charge is 2.21. The molecular weight excluding hydrogens is 224 g/mol.